The number of sulfonamides is 1. The van der Waals surface area contributed by atoms with E-state index < -0.39 is 27.7 Å². The summed E-state index contributed by atoms with van der Waals surface area (Å²) in [5.41, 5.74) is 0.507. The third-order valence-electron chi connectivity index (χ3n) is 4.27. The summed E-state index contributed by atoms with van der Waals surface area (Å²) in [7, 11) is -3.94. The fourth-order valence-corrected chi connectivity index (χ4v) is 3.82. The van der Waals surface area contributed by atoms with Crippen molar-refractivity contribution in [3.8, 4) is 0 Å². The van der Waals surface area contributed by atoms with Crippen molar-refractivity contribution in [3.05, 3.63) is 89.5 Å². The molecule has 156 valence electrons. The SMILES string of the molecule is Cc1ccccc1NS(=O)(=O)c1cccc(C(=O)Nc2ccc(C(F)(F)F)cc2)c1. The lowest BCUT2D eigenvalue weighted by Crippen LogP contribution is -2.16. The van der Waals surface area contributed by atoms with Crippen LogP contribution in [0.15, 0.2) is 77.7 Å². The van der Waals surface area contributed by atoms with E-state index in [1.807, 2.05) is 0 Å². The zero-order chi connectivity index (χ0) is 21.9. The second-order valence-electron chi connectivity index (χ2n) is 6.48. The zero-order valence-corrected chi connectivity index (χ0v) is 16.5. The molecule has 2 N–H and O–H groups in total. The quantitative estimate of drug-likeness (QED) is 0.589. The maximum absolute atomic E-state index is 12.7. The van der Waals surface area contributed by atoms with Gasteiger partial charge in [-0.05, 0) is 61.0 Å². The number of rotatable bonds is 5. The van der Waals surface area contributed by atoms with E-state index in [1.54, 1.807) is 31.2 Å². The Hall–Kier alpha value is -3.33. The van der Waals surface area contributed by atoms with Gasteiger partial charge in [0.05, 0.1) is 16.1 Å². The number of aryl methyl sites for hydroxylation is 1. The van der Waals surface area contributed by atoms with E-state index in [9.17, 15) is 26.4 Å². The van der Waals surface area contributed by atoms with Gasteiger partial charge in [0.25, 0.3) is 15.9 Å². The lowest BCUT2D eigenvalue weighted by molar-refractivity contribution is -0.137. The minimum atomic E-state index is -4.48. The van der Waals surface area contributed by atoms with E-state index in [1.165, 1.54) is 24.3 Å². The first-order valence-electron chi connectivity index (χ1n) is 8.73. The topological polar surface area (TPSA) is 75.3 Å². The molecular weight excluding hydrogens is 417 g/mol. The van der Waals surface area contributed by atoms with Gasteiger partial charge in [-0.25, -0.2) is 8.42 Å². The molecule has 1 amide bonds. The number of halogens is 3. The number of hydrogen-bond acceptors (Lipinski definition) is 3. The van der Waals surface area contributed by atoms with Gasteiger partial charge in [0.1, 0.15) is 0 Å². The first-order chi connectivity index (χ1) is 14.1. The highest BCUT2D eigenvalue weighted by atomic mass is 32.2. The van der Waals surface area contributed by atoms with Crippen molar-refractivity contribution in [1.82, 2.24) is 0 Å². The zero-order valence-electron chi connectivity index (χ0n) is 15.7. The van der Waals surface area contributed by atoms with Gasteiger partial charge in [-0.3, -0.25) is 9.52 Å². The van der Waals surface area contributed by atoms with Gasteiger partial charge in [-0.2, -0.15) is 13.2 Å². The molecule has 0 aliphatic rings. The molecule has 0 saturated heterocycles. The molecule has 0 aliphatic carbocycles. The van der Waals surface area contributed by atoms with Gasteiger partial charge >= 0.3 is 6.18 Å². The van der Waals surface area contributed by atoms with Crippen molar-refractivity contribution in [3.63, 3.8) is 0 Å². The minimum Gasteiger partial charge on any atom is -0.322 e. The highest BCUT2D eigenvalue weighted by Gasteiger charge is 2.30. The number of anilines is 2. The summed E-state index contributed by atoms with van der Waals surface area (Å²) in [5.74, 6) is -0.650. The lowest BCUT2D eigenvalue weighted by atomic mass is 10.2. The van der Waals surface area contributed by atoms with Gasteiger partial charge in [-0.15, -0.1) is 0 Å². The minimum absolute atomic E-state index is 0.0440. The van der Waals surface area contributed by atoms with Crippen LogP contribution < -0.4 is 10.0 Å². The summed E-state index contributed by atoms with van der Waals surface area (Å²) >= 11 is 0. The maximum Gasteiger partial charge on any atom is 0.416 e. The van der Waals surface area contributed by atoms with Crippen LogP contribution >= 0.6 is 0 Å². The number of carbonyl (C=O) groups is 1. The second-order valence-corrected chi connectivity index (χ2v) is 8.16. The first-order valence-corrected chi connectivity index (χ1v) is 10.2. The molecule has 3 rings (SSSR count). The molecule has 3 aromatic carbocycles. The highest BCUT2D eigenvalue weighted by molar-refractivity contribution is 7.92. The number of alkyl halides is 3. The Morgan fingerprint density at radius 3 is 2.20 bits per heavy atom. The lowest BCUT2D eigenvalue weighted by Gasteiger charge is -2.12. The highest BCUT2D eigenvalue weighted by Crippen LogP contribution is 2.30. The Morgan fingerprint density at radius 2 is 1.57 bits per heavy atom. The number of nitrogens with one attached hydrogen (secondary N) is 2. The van der Waals surface area contributed by atoms with Crippen LogP contribution in [-0.2, 0) is 16.2 Å². The van der Waals surface area contributed by atoms with E-state index in [2.05, 4.69) is 10.0 Å². The third kappa shape index (κ3) is 4.98. The standard InChI is InChI=1S/C21H17F3N2O3S/c1-14-5-2-3-8-19(14)26-30(28,29)18-7-4-6-15(13-18)20(27)25-17-11-9-16(10-12-17)21(22,23)24/h2-13,26H,1H3,(H,25,27). The number of carbonyl (C=O) groups excluding carboxylic acids is 1. The Morgan fingerprint density at radius 1 is 0.900 bits per heavy atom. The van der Waals surface area contributed by atoms with Crippen molar-refractivity contribution in [2.45, 2.75) is 18.0 Å². The maximum atomic E-state index is 12.7. The molecule has 3 aromatic rings. The normalized spacial score (nSPS) is 11.7. The number of amides is 1. The second kappa shape index (κ2) is 8.19. The summed E-state index contributed by atoms with van der Waals surface area (Å²) in [4.78, 5) is 12.3. The van der Waals surface area contributed by atoms with Gasteiger partial charge in [0, 0.05) is 11.3 Å². The van der Waals surface area contributed by atoms with Gasteiger partial charge < -0.3 is 5.32 Å². The fourth-order valence-electron chi connectivity index (χ4n) is 2.64. The molecule has 0 aromatic heterocycles. The summed E-state index contributed by atoms with van der Waals surface area (Å²) in [6.45, 7) is 1.76. The van der Waals surface area contributed by atoms with E-state index in [0.717, 1.165) is 29.8 Å². The molecule has 5 nitrogen and oxygen atoms in total. The van der Waals surface area contributed by atoms with Crippen molar-refractivity contribution < 1.29 is 26.4 Å². The van der Waals surface area contributed by atoms with E-state index in [-0.39, 0.29) is 16.1 Å². The Labute approximate surface area is 171 Å². The van der Waals surface area contributed by atoms with Crippen LogP contribution in [0.25, 0.3) is 0 Å². The van der Waals surface area contributed by atoms with E-state index >= 15 is 0 Å². The largest absolute Gasteiger partial charge is 0.416 e. The predicted octanol–water partition coefficient (Wildman–Crippen LogP) is 5.07. The molecule has 9 heteroatoms. The Kier molecular flexibility index (Phi) is 5.84. The van der Waals surface area contributed by atoms with Crippen molar-refractivity contribution in [1.29, 1.82) is 0 Å². The van der Waals surface area contributed by atoms with Crippen LogP contribution in [0, 0.1) is 6.92 Å². The van der Waals surface area contributed by atoms with E-state index in [0.29, 0.717) is 5.69 Å². The summed E-state index contributed by atoms with van der Waals surface area (Å²) in [6.07, 6.45) is -4.48. The van der Waals surface area contributed by atoms with Crippen molar-refractivity contribution in [2.24, 2.45) is 0 Å². The molecule has 0 saturated carbocycles. The first kappa shape index (κ1) is 21.4. The average Bonchev–Trinajstić information content (AvgIpc) is 2.69. The van der Waals surface area contributed by atoms with E-state index in [4.69, 9.17) is 0 Å². The number of hydrogen-bond donors (Lipinski definition) is 2. The van der Waals surface area contributed by atoms with Crippen LogP contribution in [0.2, 0.25) is 0 Å². The fraction of sp³-hybridized carbons (Fsp3) is 0.0952. The summed E-state index contributed by atoms with van der Waals surface area (Å²) in [5, 5.41) is 2.45. The molecule has 0 spiro atoms. The molecular formula is C21H17F3N2O3S. The number of benzene rings is 3. The van der Waals surface area contributed by atoms with Crippen molar-refractivity contribution in [2.75, 3.05) is 10.0 Å². The smallest absolute Gasteiger partial charge is 0.322 e. The Bertz CT molecular complexity index is 1170. The van der Waals surface area contributed by atoms with Crippen LogP contribution in [0.5, 0.6) is 0 Å². The van der Waals surface area contributed by atoms with Gasteiger partial charge in [0.2, 0.25) is 0 Å². The van der Waals surface area contributed by atoms with Gasteiger partial charge in [0.15, 0.2) is 0 Å². The molecule has 0 heterocycles. The molecule has 0 fully saturated rings. The van der Waals surface area contributed by atoms with Crippen LogP contribution in [0.4, 0.5) is 24.5 Å². The monoisotopic (exact) mass is 434 g/mol. The van der Waals surface area contributed by atoms with Crippen LogP contribution in [0.1, 0.15) is 21.5 Å². The van der Waals surface area contributed by atoms with Crippen molar-refractivity contribution >= 4 is 27.3 Å². The van der Waals surface area contributed by atoms with Crippen LogP contribution in [-0.4, -0.2) is 14.3 Å². The molecule has 0 bridgehead atoms. The van der Waals surface area contributed by atoms with Gasteiger partial charge in [-0.1, -0.05) is 24.3 Å². The third-order valence-corrected chi connectivity index (χ3v) is 5.63. The molecule has 0 unspecified atom stereocenters. The van der Waals surface area contributed by atoms with Crippen LogP contribution in [0.3, 0.4) is 0 Å². The molecule has 30 heavy (non-hydrogen) atoms. The molecule has 0 aliphatic heterocycles. The summed E-state index contributed by atoms with van der Waals surface area (Å²) < 4.78 is 65.7. The number of para-hydroxylation sites is 1. The summed E-state index contributed by atoms with van der Waals surface area (Å²) in [6, 6.07) is 16.2. The average molecular weight is 434 g/mol. The molecule has 0 atom stereocenters. The predicted molar refractivity (Wildman–Crippen MR) is 108 cm³/mol. The Balaban J connectivity index is 1.79. The molecule has 0 radical (unpaired) electrons.